The molecule has 0 radical (unpaired) electrons. The summed E-state index contributed by atoms with van der Waals surface area (Å²) in [4.78, 5) is 4.47. The van der Waals surface area contributed by atoms with E-state index in [1.165, 1.54) is 5.56 Å². The molecule has 0 aliphatic rings. The lowest BCUT2D eigenvalue weighted by molar-refractivity contribution is 0.0437. The van der Waals surface area contributed by atoms with Crippen LogP contribution in [0.2, 0.25) is 0 Å². The van der Waals surface area contributed by atoms with Crippen molar-refractivity contribution in [3.63, 3.8) is 0 Å². The zero-order valence-electron chi connectivity index (χ0n) is 16.3. The van der Waals surface area contributed by atoms with Crippen LogP contribution in [0.3, 0.4) is 0 Å². The van der Waals surface area contributed by atoms with Gasteiger partial charge in [0.2, 0.25) is 0 Å². The van der Waals surface area contributed by atoms with Gasteiger partial charge in [0.1, 0.15) is 11.4 Å². The molecule has 0 saturated carbocycles. The molecule has 0 spiro atoms. The van der Waals surface area contributed by atoms with Crippen LogP contribution in [0.5, 0.6) is 0 Å². The summed E-state index contributed by atoms with van der Waals surface area (Å²) in [5, 5.41) is 17.0. The predicted molar refractivity (Wildman–Crippen MR) is 108 cm³/mol. The number of nitrogens with zero attached hydrogens (tertiary/aromatic N) is 1. The fraction of sp³-hybridized carbons (Fsp3) is 0.476. The molecule has 2 rings (SSSR count). The number of hydrogen-bond donors (Lipinski definition) is 3. The van der Waals surface area contributed by atoms with Crippen LogP contribution >= 0.6 is 0 Å². The first-order chi connectivity index (χ1) is 13.1. The Labute approximate surface area is 161 Å². The molecular weight excluding hydrogens is 342 g/mol. The maximum absolute atomic E-state index is 10.5. The molecule has 0 bridgehead atoms. The van der Waals surface area contributed by atoms with Crippen LogP contribution < -0.4 is 10.6 Å². The van der Waals surface area contributed by atoms with E-state index in [0.29, 0.717) is 18.3 Å². The molecular formula is C21H31N3O3. The van der Waals surface area contributed by atoms with Crippen molar-refractivity contribution in [2.45, 2.75) is 38.9 Å². The summed E-state index contributed by atoms with van der Waals surface area (Å²) < 4.78 is 11.0. The molecule has 1 atom stereocenters. The molecule has 1 heterocycles. The third-order valence-electron chi connectivity index (χ3n) is 4.06. The molecule has 27 heavy (non-hydrogen) atoms. The van der Waals surface area contributed by atoms with E-state index in [2.05, 4.69) is 27.8 Å². The normalized spacial score (nSPS) is 14.0. The van der Waals surface area contributed by atoms with Crippen molar-refractivity contribution in [3.8, 4) is 0 Å². The molecule has 3 N–H and O–H groups in total. The first-order valence-electron chi connectivity index (χ1n) is 9.52. The number of aliphatic imine (C=N–C) groups is 1. The average Bonchev–Trinajstić information content (AvgIpc) is 3.22. The molecule has 6 nitrogen and oxygen atoms in total. The minimum Gasteiger partial charge on any atom is -0.466 e. The van der Waals surface area contributed by atoms with Crippen LogP contribution in [0.15, 0.2) is 58.1 Å². The Hall–Kier alpha value is -2.31. The highest BCUT2D eigenvalue weighted by molar-refractivity contribution is 5.79. The summed E-state index contributed by atoms with van der Waals surface area (Å²) in [5.41, 5.74) is 0.0673. The van der Waals surface area contributed by atoms with Crippen molar-refractivity contribution >= 4 is 5.96 Å². The second kappa shape index (κ2) is 11.4. The van der Waals surface area contributed by atoms with E-state index in [-0.39, 0.29) is 6.54 Å². The van der Waals surface area contributed by atoms with Crippen LogP contribution in [-0.4, -0.2) is 37.3 Å². The molecule has 148 valence electrons. The van der Waals surface area contributed by atoms with Crippen LogP contribution in [0.1, 0.15) is 38.0 Å². The minimum absolute atomic E-state index is 0.218. The summed E-state index contributed by atoms with van der Waals surface area (Å²) in [5.74, 6) is 1.20. The summed E-state index contributed by atoms with van der Waals surface area (Å²) in [6, 6.07) is 13.7. The second-order valence-corrected chi connectivity index (χ2v) is 6.62. The van der Waals surface area contributed by atoms with Gasteiger partial charge in [-0.15, -0.1) is 0 Å². The van der Waals surface area contributed by atoms with Crippen LogP contribution in [0.4, 0.5) is 0 Å². The third kappa shape index (κ3) is 7.85. The predicted octanol–water partition coefficient (Wildman–Crippen LogP) is 3.04. The van der Waals surface area contributed by atoms with Crippen LogP contribution in [-0.2, 0) is 16.9 Å². The van der Waals surface area contributed by atoms with Gasteiger partial charge in [-0.3, -0.25) is 0 Å². The standard InChI is InChI=1S/C21H31N3O3/c1-3-22-20(24-17-21(2,25)19-12-9-15-27-19)23-13-7-8-14-26-16-18-10-5-4-6-11-18/h4-6,9-12,15,25H,3,7-8,13-14,16-17H2,1-2H3,(H2,22,23,24). The molecule has 1 aromatic carbocycles. The molecule has 2 aromatic rings. The number of guanidine groups is 1. The van der Waals surface area contributed by atoms with Gasteiger partial charge in [0.25, 0.3) is 0 Å². The fourth-order valence-corrected chi connectivity index (χ4v) is 2.54. The van der Waals surface area contributed by atoms with Gasteiger partial charge in [0, 0.05) is 19.7 Å². The first-order valence-corrected chi connectivity index (χ1v) is 9.52. The van der Waals surface area contributed by atoms with Gasteiger partial charge < -0.3 is 24.9 Å². The average molecular weight is 373 g/mol. The zero-order chi connectivity index (χ0) is 19.4. The molecule has 0 aliphatic heterocycles. The second-order valence-electron chi connectivity index (χ2n) is 6.62. The molecule has 0 aliphatic carbocycles. The summed E-state index contributed by atoms with van der Waals surface area (Å²) in [6.07, 6.45) is 3.51. The Bertz CT molecular complexity index is 655. The van der Waals surface area contributed by atoms with Crippen LogP contribution in [0, 0.1) is 0 Å². The minimum atomic E-state index is -1.13. The Morgan fingerprint density at radius 2 is 1.96 bits per heavy atom. The maximum atomic E-state index is 10.5. The van der Waals surface area contributed by atoms with Gasteiger partial charge >= 0.3 is 0 Å². The van der Waals surface area contributed by atoms with E-state index in [1.807, 2.05) is 25.1 Å². The van der Waals surface area contributed by atoms with Gasteiger partial charge in [-0.25, -0.2) is 4.99 Å². The number of aliphatic hydroxyl groups is 1. The summed E-state index contributed by atoms with van der Waals surface area (Å²) in [7, 11) is 0. The van der Waals surface area contributed by atoms with Crippen molar-refractivity contribution in [1.29, 1.82) is 0 Å². The lowest BCUT2D eigenvalue weighted by atomic mass is 10.0. The van der Waals surface area contributed by atoms with E-state index >= 15 is 0 Å². The highest BCUT2D eigenvalue weighted by Gasteiger charge is 2.25. The molecule has 1 aromatic heterocycles. The van der Waals surface area contributed by atoms with Crippen molar-refractivity contribution in [2.24, 2.45) is 4.99 Å². The van der Waals surface area contributed by atoms with Crippen molar-refractivity contribution in [2.75, 3.05) is 26.2 Å². The fourth-order valence-electron chi connectivity index (χ4n) is 2.54. The highest BCUT2D eigenvalue weighted by Crippen LogP contribution is 2.20. The lowest BCUT2D eigenvalue weighted by Gasteiger charge is -2.19. The summed E-state index contributed by atoms with van der Waals surface area (Å²) >= 11 is 0. The summed E-state index contributed by atoms with van der Waals surface area (Å²) in [6.45, 7) is 6.87. The van der Waals surface area contributed by atoms with E-state index in [4.69, 9.17) is 9.15 Å². The first kappa shape index (κ1) is 21.0. The van der Waals surface area contributed by atoms with Crippen molar-refractivity contribution in [1.82, 2.24) is 10.6 Å². The molecule has 0 saturated heterocycles. The van der Waals surface area contributed by atoms with E-state index < -0.39 is 5.60 Å². The molecule has 0 fully saturated rings. The Balaban J connectivity index is 1.65. The molecule has 0 amide bonds. The number of benzene rings is 1. The van der Waals surface area contributed by atoms with Gasteiger partial charge in [0.05, 0.1) is 19.4 Å². The number of hydrogen-bond acceptors (Lipinski definition) is 4. The SMILES string of the molecule is CCNC(=NCC(C)(O)c1ccco1)NCCCCOCc1ccccc1. The Kier molecular flexibility index (Phi) is 8.87. The highest BCUT2D eigenvalue weighted by atomic mass is 16.5. The molecule has 6 heteroatoms. The van der Waals surface area contributed by atoms with Gasteiger partial charge in [-0.1, -0.05) is 30.3 Å². The number of rotatable bonds is 11. The Morgan fingerprint density at radius 1 is 1.15 bits per heavy atom. The van der Waals surface area contributed by atoms with Crippen molar-refractivity contribution in [3.05, 3.63) is 60.1 Å². The Morgan fingerprint density at radius 3 is 2.67 bits per heavy atom. The third-order valence-corrected chi connectivity index (χ3v) is 4.06. The van der Waals surface area contributed by atoms with Gasteiger partial charge in [0.15, 0.2) is 5.96 Å². The smallest absolute Gasteiger partial charge is 0.191 e. The van der Waals surface area contributed by atoms with E-state index in [9.17, 15) is 5.11 Å². The van der Waals surface area contributed by atoms with Gasteiger partial charge in [-0.05, 0) is 44.4 Å². The largest absolute Gasteiger partial charge is 0.466 e. The van der Waals surface area contributed by atoms with Crippen molar-refractivity contribution < 1.29 is 14.3 Å². The number of ether oxygens (including phenoxy) is 1. The number of unbranched alkanes of at least 4 members (excludes halogenated alkanes) is 1. The zero-order valence-corrected chi connectivity index (χ0v) is 16.3. The molecule has 1 unspecified atom stereocenters. The number of nitrogens with one attached hydrogen (secondary N) is 2. The van der Waals surface area contributed by atoms with E-state index in [0.717, 1.165) is 32.5 Å². The quantitative estimate of drug-likeness (QED) is 0.321. The van der Waals surface area contributed by atoms with E-state index in [1.54, 1.807) is 25.3 Å². The monoisotopic (exact) mass is 373 g/mol. The van der Waals surface area contributed by atoms with Gasteiger partial charge in [-0.2, -0.15) is 0 Å². The maximum Gasteiger partial charge on any atom is 0.191 e. The van der Waals surface area contributed by atoms with Crippen LogP contribution in [0.25, 0.3) is 0 Å². The topological polar surface area (TPSA) is 79.0 Å². The lowest BCUT2D eigenvalue weighted by Crippen LogP contribution is -2.39. The number of furan rings is 1.